The van der Waals surface area contributed by atoms with Crippen LogP contribution < -0.4 is 15.8 Å². The summed E-state index contributed by atoms with van der Waals surface area (Å²) in [6.07, 6.45) is 0. The first kappa shape index (κ1) is 19.7. The highest BCUT2D eigenvalue weighted by Gasteiger charge is 2.27. The van der Waals surface area contributed by atoms with Crippen LogP contribution in [0.2, 0.25) is 0 Å². The standard InChI is InChI=1S/C19H32N4O2/c1-19(2,3)17(20)18(24)21-15-5-7-16(8-6-15)25-14-13-23-11-9-22(4)10-12-23/h5-8,17H,9-14,20H2,1-4H3,(H,21,24)/t17-/m1/s1. The van der Waals surface area contributed by atoms with E-state index in [0.29, 0.717) is 6.61 Å². The molecule has 1 heterocycles. The lowest BCUT2D eigenvalue weighted by Crippen LogP contribution is -2.45. The van der Waals surface area contributed by atoms with Crippen LogP contribution in [-0.2, 0) is 4.79 Å². The van der Waals surface area contributed by atoms with Crippen LogP contribution in [0.1, 0.15) is 20.8 Å². The van der Waals surface area contributed by atoms with Gasteiger partial charge >= 0.3 is 0 Å². The third-order valence-electron chi connectivity index (χ3n) is 4.61. The van der Waals surface area contributed by atoms with Gasteiger partial charge in [0.25, 0.3) is 0 Å². The topological polar surface area (TPSA) is 70.8 Å². The van der Waals surface area contributed by atoms with Crippen molar-refractivity contribution in [3.05, 3.63) is 24.3 Å². The van der Waals surface area contributed by atoms with Crippen molar-refractivity contribution in [3.63, 3.8) is 0 Å². The number of rotatable bonds is 6. The Bertz CT molecular complexity index is 546. The van der Waals surface area contributed by atoms with Gasteiger partial charge in [0, 0.05) is 38.4 Å². The first-order valence-corrected chi connectivity index (χ1v) is 8.96. The average molecular weight is 348 g/mol. The number of hydrogen-bond acceptors (Lipinski definition) is 5. The fourth-order valence-corrected chi connectivity index (χ4v) is 2.61. The van der Waals surface area contributed by atoms with Gasteiger partial charge in [-0.3, -0.25) is 9.69 Å². The van der Waals surface area contributed by atoms with Crippen molar-refractivity contribution >= 4 is 11.6 Å². The number of nitrogens with one attached hydrogen (secondary N) is 1. The number of piperazine rings is 1. The molecule has 1 aromatic carbocycles. The molecule has 140 valence electrons. The van der Waals surface area contributed by atoms with Gasteiger partial charge in [-0.25, -0.2) is 0 Å². The maximum Gasteiger partial charge on any atom is 0.241 e. The van der Waals surface area contributed by atoms with Crippen molar-refractivity contribution in [2.45, 2.75) is 26.8 Å². The summed E-state index contributed by atoms with van der Waals surface area (Å²) in [5.74, 6) is 0.642. The second-order valence-corrected chi connectivity index (χ2v) is 7.85. The monoisotopic (exact) mass is 348 g/mol. The van der Waals surface area contributed by atoms with Crippen molar-refractivity contribution in [2.75, 3.05) is 51.7 Å². The summed E-state index contributed by atoms with van der Waals surface area (Å²) in [4.78, 5) is 16.9. The van der Waals surface area contributed by atoms with Gasteiger partial charge in [-0.15, -0.1) is 0 Å². The zero-order valence-corrected chi connectivity index (χ0v) is 15.9. The smallest absolute Gasteiger partial charge is 0.241 e. The van der Waals surface area contributed by atoms with Gasteiger partial charge in [-0.05, 0) is 36.7 Å². The van der Waals surface area contributed by atoms with Crippen LogP contribution in [0, 0.1) is 5.41 Å². The summed E-state index contributed by atoms with van der Waals surface area (Å²) >= 11 is 0. The van der Waals surface area contributed by atoms with Crippen LogP contribution in [0.5, 0.6) is 5.75 Å². The molecule has 0 aliphatic carbocycles. The Hall–Kier alpha value is -1.63. The lowest BCUT2D eigenvalue weighted by atomic mass is 9.87. The molecule has 1 fully saturated rings. The predicted octanol–water partition coefficient (Wildman–Crippen LogP) is 1.62. The van der Waals surface area contributed by atoms with Crippen LogP contribution in [-0.4, -0.2) is 68.1 Å². The first-order chi connectivity index (χ1) is 11.8. The number of likely N-dealkylation sites (N-methyl/N-ethyl adjacent to an activating group) is 1. The Labute approximate surface area is 151 Å². The van der Waals surface area contributed by atoms with E-state index < -0.39 is 6.04 Å². The fraction of sp³-hybridized carbons (Fsp3) is 0.632. The molecule has 0 saturated carbocycles. The number of amides is 1. The van der Waals surface area contributed by atoms with E-state index in [1.54, 1.807) is 0 Å². The lowest BCUT2D eigenvalue weighted by Gasteiger charge is -2.32. The molecule has 0 radical (unpaired) electrons. The number of benzene rings is 1. The largest absolute Gasteiger partial charge is 0.492 e. The highest BCUT2D eigenvalue weighted by Crippen LogP contribution is 2.20. The number of ether oxygens (including phenoxy) is 1. The second kappa shape index (κ2) is 8.65. The lowest BCUT2D eigenvalue weighted by molar-refractivity contribution is -0.119. The fourth-order valence-electron chi connectivity index (χ4n) is 2.61. The number of nitrogens with zero attached hydrogens (tertiary/aromatic N) is 2. The quantitative estimate of drug-likeness (QED) is 0.818. The van der Waals surface area contributed by atoms with Crippen molar-refractivity contribution in [1.82, 2.24) is 9.80 Å². The number of anilines is 1. The minimum absolute atomic E-state index is 0.170. The SMILES string of the molecule is CN1CCN(CCOc2ccc(NC(=O)[C@@H](N)C(C)(C)C)cc2)CC1. The molecule has 1 saturated heterocycles. The number of carbonyl (C=O) groups is 1. The summed E-state index contributed by atoms with van der Waals surface area (Å²) in [7, 11) is 2.16. The third kappa shape index (κ3) is 6.30. The highest BCUT2D eigenvalue weighted by molar-refractivity contribution is 5.95. The van der Waals surface area contributed by atoms with Gasteiger partial charge in [0.2, 0.25) is 5.91 Å². The number of hydrogen-bond donors (Lipinski definition) is 2. The van der Waals surface area contributed by atoms with Gasteiger partial charge < -0.3 is 20.7 Å². The van der Waals surface area contributed by atoms with Crippen LogP contribution in [0.15, 0.2) is 24.3 Å². The Kier molecular flexibility index (Phi) is 6.81. The molecule has 0 unspecified atom stereocenters. The summed E-state index contributed by atoms with van der Waals surface area (Å²) in [6.45, 7) is 11.9. The Morgan fingerprint density at radius 2 is 1.80 bits per heavy atom. The normalized spacial score (nSPS) is 18.0. The maximum absolute atomic E-state index is 12.1. The second-order valence-electron chi connectivity index (χ2n) is 7.85. The maximum atomic E-state index is 12.1. The first-order valence-electron chi connectivity index (χ1n) is 8.96. The van der Waals surface area contributed by atoms with Gasteiger partial charge in [-0.2, -0.15) is 0 Å². The molecule has 0 spiro atoms. The van der Waals surface area contributed by atoms with Crippen LogP contribution in [0.25, 0.3) is 0 Å². The van der Waals surface area contributed by atoms with E-state index in [-0.39, 0.29) is 11.3 Å². The van der Waals surface area contributed by atoms with Crippen molar-refractivity contribution in [1.29, 1.82) is 0 Å². The van der Waals surface area contributed by atoms with Gasteiger partial charge in [0.15, 0.2) is 0 Å². The molecule has 2 rings (SSSR count). The molecule has 0 aromatic heterocycles. The molecule has 3 N–H and O–H groups in total. The van der Waals surface area contributed by atoms with E-state index in [2.05, 4.69) is 22.2 Å². The molecule has 6 nitrogen and oxygen atoms in total. The zero-order valence-electron chi connectivity index (χ0n) is 15.9. The Morgan fingerprint density at radius 1 is 1.20 bits per heavy atom. The van der Waals surface area contributed by atoms with Gasteiger partial charge in [-0.1, -0.05) is 20.8 Å². The molecule has 1 aliphatic rings. The molecule has 1 atom stereocenters. The van der Waals surface area contributed by atoms with Crippen LogP contribution in [0.3, 0.4) is 0 Å². The number of nitrogens with two attached hydrogens (primary N) is 1. The third-order valence-corrected chi connectivity index (χ3v) is 4.61. The van der Waals surface area contributed by atoms with Crippen molar-refractivity contribution < 1.29 is 9.53 Å². The highest BCUT2D eigenvalue weighted by atomic mass is 16.5. The molecular formula is C19H32N4O2. The van der Waals surface area contributed by atoms with Crippen molar-refractivity contribution in [3.8, 4) is 5.75 Å². The molecule has 1 aromatic rings. The summed E-state index contributed by atoms with van der Waals surface area (Å²) in [5.41, 5.74) is 6.44. The Balaban J connectivity index is 1.75. The predicted molar refractivity (Wildman–Crippen MR) is 102 cm³/mol. The average Bonchev–Trinajstić information content (AvgIpc) is 2.56. The van der Waals surface area contributed by atoms with Gasteiger partial charge in [0.05, 0.1) is 6.04 Å². The van der Waals surface area contributed by atoms with Gasteiger partial charge in [0.1, 0.15) is 12.4 Å². The van der Waals surface area contributed by atoms with E-state index in [1.165, 1.54) is 0 Å². The number of carbonyl (C=O) groups excluding carboxylic acids is 1. The van der Waals surface area contributed by atoms with E-state index in [4.69, 9.17) is 10.5 Å². The molecule has 25 heavy (non-hydrogen) atoms. The van der Waals surface area contributed by atoms with Crippen molar-refractivity contribution in [2.24, 2.45) is 11.1 Å². The minimum Gasteiger partial charge on any atom is -0.492 e. The summed E-state index contributed by atoms with van der Waals surface area (Å²) < 4.78 is 5.80. The molecule has 0 bridgehead atoms. The minimum atomic E-state index is -0.549. The summed E-state index contributed by atoms with van der Waals surface area (Å²) in [6, 6.07) is 6.90. The molecule has 6 heteroatoms. The van der Waals surface area contributed by atoms with E-state index in [9.17, 15) is 4.79 Å². The molecular weight excluding hydrogens is 316 g/mol. The zero-order chi connectivity index (χ0) is 18.4. The Morgan fingerprint density at radius 3 is 2.36 bits per heavy atom. The van der Waals surface area contributed by atoms with Crippen LogP contribution in [0.4, 0.5) is 5.69 Å². The van der Waals surface area contributed by atoms with E-state index >= 15 is 0 Å². The van der Waals surface area contributed by atoms with E-state index in [0.717, 1.165) is 44.2 Å². The summed E-state index contributed by atoms with van der Waals surface area (Å²) in [5, 5.41) is 2.86. The molecule has 1 aliphatic heterocycles. The molecule has 1 amide bonds. The van der Waals surface area contributed by atoms with Crippen LogP contribution >= 0.6 is 0 Å². The van der Waals surface area contributed by atoms with E-state index in [1.807, 2.05) is 45.0 Å².